The molecule has 0 aromatic carbocycles. The van der Waals surface area contributed by atoms with E-state index in [1.165, 1.54) is 201 Å². The third-order valence-electron chi connectivity index (χ3n) is 9.46. The largest absolute Gasteiger partial charge is 0.553 e. The SMILES string of the molecule is CCCCCCCCCCCCCCCCCC(=O)CCCCCCCCCCCCCCCCCC[P-]OCC[N+](C)(C)C. The number of carbonyl (C=O) groups excluding carboxylic acids is 1. The van der Waals surface area contributed by atoms with Crippen molar-refractivity contribution >= 4 is 14.6 Å². The van der Waals surface area contributed by atoms with Crippen molar-refractivity contribution < 1.29 is 13.8 Å². The third-order valence-corrected chi connectivity index (χ3v) is 10.3. The molecule has 0 rings (SSSR count). The van der Waals surface area contributed by atoms with Crippen LogP contribution in [0.4, 0.5) is 0 Å². The zero-order valence-corrected chi connectivity index (χ0v) is 32.6. The average molecular weight is 654 g/mol. The monoisotopic (exact) mass is 654 g/mol. The molecule has 0 N–H and O–H groups in total. The first-order chi connectivity index (χ1) is 22.0. The van der Waals surface area contributed by atoms with Crippen molar-refractivity contribution in [2.45, 2.75) is 219 Å². The molecule has 3 nitrogen and oxygen atoms in total. The molecular formula is C41H84NO2P. The van der Waals surface area contributed by atoms with E-state index in [0.29, 0.717) is 5.78 Å². The zero-order valence-electron chi connectivity index (χ0n) is 31.7. The quantitative estimate of drug-likeness (QED) is 0.0375. The number of hydrogen-bond donors (Lipinski definition) is 0. The molecule has 0 aliphatic rings. The van der Waals surface area contributed by atoms with Crippen molar-refractivity contribution in [2.24, 2.45) is 0 Å². The van der Waals surface area contributed by atoms with Crippen LogP contribution in [-0.4, -0.2) is 50.7 Å². The van der Waals surface area contributed by atoms with E-state index in [1.54, 1.807) is 0 Å². The van der Waals surface area contributed by atoms with Gasteiger partial charge in [0.2, 0.25) is 0 Å². The molecular weight excluding hydrogens is 569 g/mol. The molecule has 0 aliphatic heterocycles. The normalized spacial score (nSPS) is 12.2. The van der Waals surface area contributed by atoms with Gasteiger partial charge in [-0.05, 0) is 12.8 Å². The summed E-state index contributed by atoms with van der Waals surface area (Å²) in [6, 6.07) is 0. The van der Waals surface area contributed by atoms with Crippen molar-refractivity contribution in [1.82, 2.24) is 0 Å². The predicted octanol–water partition coefficient (Wildman–Crippen LogP) is 14.0. The number of likely N-dealkylation sites (N-methyl/N-ethyl adjacent to an activating group) is 1. The summed E-state index contributed by atoms with van der Waals surface area (Å²) in [6.45, 7) is 4.27. The van der Waals surface area contributed by atoms with Gasteiger partial charge in [-0.1, -0.05) is 193 Å². The van der Waals surface area contributed by atoms with E-state index in [0.717, 1.165) is 43.3 Å². The highest BCUT2D eigenvalue weighted by Crippen LogP contribution is 2.18. The standard InChI is InChI=1S/C41H84NO2P/c1-5-6-7-8-9-10-11-12-15-18-21-24-27-30-33-36-41(43)37-34-31-28-25-22-19-16-13-14-17-20-23-26-29-32-35-40-45-44-39-38-42(2,3)4/h5-40H2,1-4H3. The highest BCUT2D eigenvalue weighted by Gasteiger charge is 2.04. The summed E-state index contributed by atoms with van der Waals surface area (Å²) < 4.78 is 6.72. The van der Waals surface area contributed by atoms with Crippen molar-refractivity contribution in [2.75, 3.05) is 40.5 Å². The van der Waals surface area contributed by atoms with Crippen molar-refractivity contribution in [3.05, 3.63) is 0 Å². The number of rotatable bonds is 39. The Bertz CT molecular complexity index is 576. The Morgan fingerprint density at radius 1 is 0.444 bits per heavy atom. The molecule has 0 unspecified atom stereocenters. The lowest BCUT2D eigenvalue weighted by Gasteiger charge is -2.27. The van der Waals surface area contributed by atoms with Gasteiger partial charge in [0.15, 0.2) is 0 Å². The van der Waals surface area contributed by atoms with E-state index in [1.807, 2.05) is 0 Å². The van der Waals surface area contributed by atoms with Crippen LogP contribution in [0.25, 0.3) is 0 Å². The fourth-order valence-electron chi connectivity index (χ4n) is 6.24. The first-order valence-electron chi connectivity index (χ1n) is 20.6. The first kappa shape index (κ1) is 45.0. The number of quaternary nitrogens is 1. The van der Waals surface area contributed by atoms with Gasteiger partial charge < -0.3 is 17.8 Å². The van der Waals surface area contributed by atoms with Gasteiger partial charge >= 0.3 is 0 Å². The Hall–Kier alpha value is 0.0200. The Kier molecular flexibility index (Phi) is 36.9. The summed E-state index contributed by atoms with van der Waals surface area (Å²) in [7, 11) is 7.84. The number of Topliss-reactive ketones (excluding diaryl/α,β-unsaturated/α-hetero) is 1. The molecule has 0 spiro atoms. The van der Waals surface area contributed by atoms with Crippen molar-refractivity contribution in [3.8, 4) is 0 Å². The second-order valence-corrected chi connectivity index (χ2v) is 16.3. The molecule has 0 amide bonds. The lowest BCUT2D eigenvalue weighted by Crippen LogP contribution is -2.37. The Balaban J connectivity index is 3.15. The minimum absolute atomic E-state index is 0.525. The molecule has 270 valence electrons. The lowest BCUT2D eigenvalue weighted by atomic mass is 10.0. The maximum Gasteiger partial charge on any atom is 0.132 e. The van der Waals surface area contributed by atoms with E-state index < -0.39 is 0 Å². The maximum atomic E-state index is 12.2. The maximum absolute atomic E-state index is 12.2. The van der Waals surface area contributed by atoms with E-state index in [-0.39, 0.29) is 0 Å². The number of nitrogens with zero attached hydrogens (tertiary/aromatic N) is 1. The van der Waals surface area contributed by atoms with E-state index in [2.05, 4.69) is 28.1 Å². The topological polar surface area (TPSA) is 26.3 Å². The van der Waals surface area contributed by atoms with Gasteiger partial charge in [0.25, 0.3) is 0 Å². The van der Waals surface area contributed by atoms with Crippen LogP contribution < -0.4 is 0 Å². The third kappa shape index (κ3) is 42.0. The Labute approximate surface area is 287 Å². The minimum Gasteiger partial charge on any atom is -0.553 e. The Morgan fingerprint density at radius 2 is 0.733 bits per heavy atom. The molecule has 0 radical (unpaired) electrons. The molecule has 4 heteroatoms. The van der Waals surface area contributed by atoms with Crippen LogP contribution in [0.3, 0.4) is 0 Å². The molecule has 0 saturated heterocycles. The van der Waals surface area contributed by atoms with E-state index in [9.17, 15) is 4.79 Å². The smallest absolute Gasteiger partial charge is 0.132 e. The summed E-state index contributed by atoms with van der Waals surface area (Å²) in [5, 5.41) is 0. The lowest BCUT2D eigenvalue weighted by molar-refractivity contribution is -0.870. The zero-order chi connectivity index (χ0) is 32.9. The summed E-state index contributed by atoms with van der Waals surface area (Å²) >= 11 is 0. The van der Waals surface area contributed by atoms with Crippen LogP contribution in [0.1, 0.15) is 219 Å². The van der Waals surface area contributed by atoms with Gasteiger partial charge in [0.05, 0.1) is 34.3 Å². The summed E-state index contributed by atoms with van der Waals surface area (Å²) in [6.07, 6.45) is 45.7. The van der Waals surface area contributed by atoms with Crippen LogP contribution >= 0.6 is 8.81 Å². The fraction of sp³-hybridized carbons (Fsp3) is 0.976. The molecule has 0 heterocycles. The van der Waals surface area contributed by atoms with Gasteiger partial charge in [-0.3, -0.25) is 4.79 Å². The second kappa shape index (κ2) is 36.8. The van der Waals surface area contributed by atoms with Gasteiger partial charge in [-0.15, -0.1) is 0 Å². The molecule has 0 aliphatic carbocycles. The van der Waals surface area contributed by atoms with Crippen LogP contribution in [-0.2, 0) is 9.32 Å². The highest BCUT2D eigenvalue weighted by molar-refractivity contribution is 7.32. The van der Waals surface area contributed by atoms with Crippen molar-refractivity contribution in [3.63, 3.8) is 0 Å². The number of ketones is 1. The number of hydrogen-bond acceptors (Lipinski definition) is 2. The fourth-order valence-corrected chi connectivity index (χ4v) is 6.93. The van der Waals surface area contributed by atoms with Gasteiger partial charge in [0.1, 0.15) is 5.78 Å². The Morgan fingerprint density at radius 3 is 1.04 bits per heavy atom. The summed E-state index contributed by atoms with van der Waals surface area (Å²) in [5.74, 6) is 0.525. The first-order valence-corrected chi connectivity index (χ1v) is 21.6. The molecule has 0 bridgehead atoms. The van der Waals surface area contributed by atoms with Crippen LogP contribution in [0.15, 0.2) is 0 Å². The highest BCUT2D eigenvalue weighted by atomic mass is 31.1. The van der Waals surface area contributed by atoms with Gasteiger partial charge in [-0.2, -0.15) is 6.16 Å². The molecule has 45 heavy (non-hydrogen) atoms. The van der Waals surface area contributed by atoms with Crippen LogP contribution in [0.2, 0.25) is 0 Å². The van der Waals surface area contributed by atoms with Gasteiger partial charge in [-0.25, -0.2) is 0 Å². The van der Waals surface area contributed by atoms with Gasteiger partial charge in [0, 0.05) is 12.8 Å². The van der Waals surface area contributed by atoms with Crippen LogP contribution in [0, 0.1) is 0 Å². The molecule has 0 fully saturated rings. The molecule has 0 aromatic rings. The molecule has 0 aromatic heterocycles. The molecule has 0 atom stereocenters. The second-order valence-electron chi connectivity index (χ2n) is 15.3. The summed E-state index contributed by atoms with van der Waals surface area (Å²) in [5.41, 5.74) is 0. The average Bonchev–Trinajstić information content (AvgIpc) is 3.01. The number of carbonyl (C=O) groups is 1. The minimum atomic E-state index is 0.525. The van der Waals surface area contributed by atoms with E-state index in [4.69, 9.17) is 4.52 Å². The van der Waals surface area contributed by atoms with E-state index >= 15 is 0 Å². The van der Waals surface area contributed by atoms with Crippen molar-refractivity contribution in [1.29, 1.82) is 0 Å². The summed E-state index contributed by atoms with van der Waals surface area (Å²) in [4.78, 5) is 12.2. The number of unbranched alkanes of at least 4 members (excludes halogenated alkanes) is 29. The van der Waals surface area contributed by atoms with Crippen LogP contribution in [0.5, 0.6) is 0 Å². The predicted molar refractivity (Wildman–Crippen MR) is 204 cm³/mol. The molecule has 0 saturated carbocycles.